The molecule has 0 saturated carbocycles. The van der Waals surface area contributed by atoms with E-state index in [0.29, 0.717) is 0 Å². The first-order valence-electron chi connectivity index (χ1n) is 3.08. The van der Waals surface area contributed by atoms with Crippen LogP contribution in [0.25, 0.3) is 0 Å². The summed E-state index contributed by atoms with van der Waals surface area (Å²) in [5.41, 5.74) is 5.13. The molecule has 1 unspecified atom stereocenters. The van der Waals surface area contributed by atoms with Crippen LogP contribution < -0.4 is 11.1 Å². The van der Waals surface area contributed by atoms with Crippen molar-refractivity contribution in [3.05, 3.63) is 0 Å². The van der Waals surface area contributed by atoms with Crippen LogP contribution in [0, 0.1) is 0 Å². The van der Waals surface area contributed by atoms with Crippen LogP contribution in [-0.2, 0) is 9.59 Å². The zero-order valence-corrected chi connectivity index (χ0v) is 6.92. The summed E-state index contributed by atoms with van der Waals surface area (Å²) in [6.45, 7) is 2.72. The molecule has 4 N–H and O–H groups in total. The van der Waals surface area contributed by atoms with E-state index in [1.54, 1.807) is 14.0 Å². The summed E-state index contributed by atoms with van der Waals surface area (Å²) in [5.74, 6) is -0.958. The fourth-order valence-electron chi connectivity index (χ4n) is 0.228. The summed E-state index contributed by atoms with van der Waals surface area (Å²) >= 11 is 0. The summed E-state index contributed by atoms with van der Waals surface area (Å²) in [6, 6.07) is -0.384. The Balaban J connectivity index is 0. The van der Waals surface area contributed by atoms with Crippen molar-refractivity contribution < 1.29 is 14.7 Å². The number of carboxylic acid groups (broad SMARTS) is 1. The Bertz CT molecular complexity index is 130. The monoisotopic (exact) mass is 162 g/mol. The first kappa shape index (κ1) is 12.6. The first-order valence-corrected chi connectivity index (χ1v) is 3.08. The zero-order chi connectivity index (χ0) is 9.44. The molecule has 0 aliphatic rings. The van der Waals surface area contributed by atoms with Gasteiger partial charge in [0.05, 0.1) is 6.04 Å². The number of nitrogens with one attached hydrogen (secondary N) is 1. The molecule has 5 nitrogen and oxygen atoms in total. The molecule has 0 bridgehead atoms. The minimum atomic E-state index is -0.833. The summed E-state index contributed by atoms with van der Waals surface area (Å²) in [7, 11) is 1.56. The summed E-state index contributed by atoms with van der Waals surface area (Å²) < 4.78 is 0. The lowest BCUT2D eigenvalue weighted by atomic mass is 10.3. The van der Waals surface area contributed by atoms with Crippen molar-refractivity contribution in [1.29, 1.82) is 0 Å². The van der Waals surface area contributed by atoms with Crippen LogP contribution in [0.4, 0.5) is 0 Å². The van der Waals surface area contributed by atoms with Crippen molar-refractivity contribution in [1.82, 2.24) is 5.32 Å². The molecule has 0 radical (unpaired) electrons. The third-order valence-corrected chi connectivity index (χ3v) is 0.660. The van der Waals surface area contributed by atoms with Gasteiger partial charge < -0.3 is 16.2 Å². The highest BCUT2D eigenvalue weighted by Gasteiger charge is 2.00. The quantitative estimate of drug-likeness (QED) is 0.469. The van der Waals surface area contributed by atoms with Crippen LogP contribution in [0.2, 0.25) is 0 Å². The lowest BCUT2D eigenvalue weighted by Crippen LogP contribution is -2.35. The number of carbonyl (C=O) groups excluding carboxylic acids is 1. The standard InChI is InChI=1S/C4H10N2O.C2H4O2/c1-3(5)4(7)6-2;1-2(3)4/h3H,5H2,1-2H3,(H,6,7);1H3,(H,3,4). The van der Waals surface area contributed by atoms with Crippen LogP contribution in [0.5, 0.6) is 0 Å². The Morgan fingerprint density at radius 3 is 1.82 bits per heavy atom. The van der Waals surface area contributed by atoms with Crippen molar-refractivity contribution in [3.63, 3.8) is 0 Å². The number of rotatable bonds is 1. The maximum absolute atomic E-state index is 10.3. The van der Waals surface area contributed by atoms with Gasteiger partial charge in [-0.15, -0.1) is 0 Å². The van der Waals surface area contributed by atoms with E-state index in [9.17, 15) is 4.79 Å². The van der Waals surface area contributed by atoms with Gasteiger partial charge in [-0.1, -0.05) is 0 Å². The van der Waals surface area contributed by atoms with Gasteiger partial charge in [0.25, 0.3) is 5.97 Å². The van der Waals surface area contributed by atoms with Gasteiger partial charge in [0, 0.05) is 14.0 Å². The largest absolute Gasteiger partial charge is 0.481 e. The second-order valence-electron chi connectivity index (χ2n) is 1.92. The second kappa shape index (κ2) is 7.01. The van der Waals surface area contributed by atoms with Gasteiger partial charge in [-0.05, 0) is 6.92 Å². The van der Waals surface area contributed by atoms with Gasteiger partial charge in [0.15, 0.2) is 0 Å². The Morgan fingerprint density at radius 1 is 1.55 bits per heavy atom. The number of likely N-dealkylation sites (N-methyl/N-ethyl adjacent to an activating group) is 1. The normalized spacial score (nSPS) is 10.5. The average Bonchev–Trinajstić information content (AvgIpc) is 1.85. The Labute approximate surface area is 65.6 Å². The molecular weight excluding hydrogens is 148 g/mol. The third kappa shape index (κ3) is 17.6. The first-order chi connectivity index (χ1) is 4.91. The van der Waals surface area contributed by atoms with E-state index >= 15 is 0 Å². The molecule has 0 aliphatic heterocycles. The summed E-state index contributed by atoms with van der Waals surface area (Å²) in [5, 5.41) is 9.82. The third-order valence-electron chi connectivity index (χ3n) is 0.660. The highest BCUT2D eigenvalue weighted by atomic mass is 16.4. The molecule has 0 aromatic carbocycles. The van der Waals surface area contributed by atoms with E-state index in [4.69, 9.17) is 15.6 Å². The topological polar surface area (TPSA) is 92.4 Å². The number of aliphatic carboxylic acids is 1. The molecule has 0 aromatic heterocycles. The molecule has 0 spiro atoms. The van der Waals surface area contributed by atoms with Crippen LogP contribution in [-0.4, -0.2) is 30.1 Å². The van der Waals surface area contributed by atoms with Crippen molar-refractivity contribution in [2.24, 2.45) is 5.73 Å². The van der Waals surface area contributed by atoms with Gasteiger partial charge >= 0.3 is 0 Å². The van der Waals surface area contributed by atoms with Gasteiger partial charge in [-0.2, -0.15) is 0 Å². The van der Waals surface area contributed by atoms with Crippen molar-refractivity contribution in [2.45, 2.75) is 19.9 Å². The zero-order valence-electron chi connectivity index (χ0n) is 6.92. The average molecular weight is 162 g/mol. The van der Waals surface area contributed by atoms with Crippen LogP contribution in [0.3, 0.4) is 0 Å². The second-order valence-corrected chi connectivity index (χ2v) is 1.92. The molecule has 0 aliphatic carbocycles. The van der Waals surface area contributed by atoms with E-state index in [0.717, 1.165) is 6.92 Å². The van der Waals surface area contributed by atoms with E-state index in [1.807, 2.05) is 0 Å². The van der Waals surface area contributed by atoms with Crippen LogP contribution in [0.15, 0.2) is 0 Å². The Morgan fingerprint density at radius 2 is 1.82 bits per heavy atom. The van der Waals surface area contributed by atoms with E-state index in [1.165, 1.54) is 0 Å². The number of carboxylic acids is 1. The van der Waals surface area contributed by atoms with E-state index < -0.39 is 5.97 Å². The molecular formula is C6H14N2O3. The lowest BCUT2D eigenvalue weighted by Gasteiger charge is -1.99. The van der Waals surface area contributed by atoms with Crippen molar-refractivity contribution >= 4 is 11.9 Å². The fraction of sp³-hybridized carbons (Fsp3) is 0.667. The molecule has 66 valence electrons. The van der Waals surface area contributed by atoms with Gasteiger partial charge in [-0.3, -0.25) is 9.59 Å². The molecule has 11 heavy (non-hydrogen) atoms. The number of hydrogen-bond acceptors (Lipinski definition) is 3. The van der Waals surface area contributed by atoms with Gasteiger partial charge in [0.2, 0.25) is 5.91 Å². The minimum Gasteiger partial charge on any atom is -0.481 e. The molecule has 0 saturated heterocycles. The SMILES string of the molecule is CC(=O)O.CNC(=O)C(C)N. The number of amides is 1. The predicted molar refractivity (Wildman–Crippen MR) is 41.0 cm³/mol. The van der Waals surface area contributed by atoms with Gasteiger partial charge in [0.1, 0.15) is 0 Å². The predicted octanol–water partition coefficient (Wildman–Crippen LogP) is -0.829. The molecule has 1 atom stereocenters. The molecule has 0 rings (SSSR count). The van der Waals surface area contributed by atoms with Gasteiger partial charge in [-0.25, -0.2) is 0 Å². The van der Waals surface area contributed by atoms with Crippen LogP contribution in [0.1, 0.15) is 13.8 Å². The molecule has 0 fully saturated rings. The molecule has 1 amide bonds. The molecule has 0 heterocycles. The maximum Gasteiger partial charge on any atom is 0.300 e. The van der Waals surface area contributed by atoms with E-state index in [-0.39, 0.29) is 11.9 Å². The number of carbonyl (C=O) groups is 2. The highest BCUT2D eigenvalue weighted by Crippen LogP contribution is 1.69. The highest BCUT2D eigenvalue weighted by molar-refractivity contribution is 5.80. The molecule has 5 heteroatoms. The lowest BCUT2D eigenvalue weighted by molar-refractivity contribution is -0.134. The molecule has 0 aromatic rings. The van der Waals surface area contributed by atoms with Crippen LogP contribution >= 0.6 is 0 Å². The minimum absolute atomic E-state index is 0.125. The Hall–Kier alpha value is -1.10. The smallest absolute Gasteiger partial charge is 0.300 e. The Kier molecular flexibility index (Phi) is 8.01. The number of nitrogens with two attached hydrogens (primary N) is 1. The summed E-state index contributed by atoms with van der Waals surface area (Å²) in [6.07, 6.45) is 0. The van der Waals surface area contributed by atoms with Crippen molar-refractivity contribution in [3.8, 4) is 0 Å². The summed E-state index contributed by atoms with van der Waals surface area (Å²) in [4.78, 5) is 19.3. The van der Waals surface area contributed by atoms with Crippen molar-refractivity contribution in [2.75, 3.05) is 7.05 Å². The number of hydrogen-bond donors (Lipinski definition) is 3. The fourth-order valence-corrected chi connectivity index (χ4v) is 0.228. The maximum atomic E-state index is 10.3. The van der Waals surface area contributed by atoms with E-state index in [2.05, 4.69) is 5.32 Å².